The largest absolute Gasteiger partial charge is 0.314 e. The van der Waals surface area contributed by atoms with Gasteiger partial charge < -0.3 is 4.57 Å². The molecule has 0 aliphatic carbocycles. The number of nitrogens with zero attached hydrogens (tertiary/aromatic N) is 3. The van der Waals surface area contributed by atoms with Crippen LogP contribution in [0.15, 0.2) is 77.7 Å². The predicted octanol–water partition coefficient (Wildman–Crippen LogP) is 4.36. The van der Waals surface area contributed by atoms with Crippen LogP contribution in [0.2, 0.25) is 0 Å². The van der Waals surface area contributed by atoms with Crippen LogP contribution >= 0.6 is 11.3 Å². The first-order valence-corrected chi connectivity index (χ1v) is 12.3. The third-order valence-electron chi connectivity index (χ3n) is 4.70. The van der Waals surface area contributed by atoms with Crippen LogP contribution in [0, 0.1) is 5.82 Å². The molecular weight excluding hydrogens is 449 g/mol. The number of aryl methyl sites for hydroxylation is 1. The van der Waals surface area contributed by atoms with E-state index in [1.165, 1.54) is 58.1 Å². The summed E-state index contributed by atoms with van der Waals surface area (Å²) in [4.78, 5) is 17.4. The average molecular weight is 474 g/mol. The van der Waals surface area contributed by atoms with Gasteiger partial charge in [0, 0.05) is 25.2 Å². The topological polar surface area (TPSA) is 71.7 Å². The van der Waals surface area contributed by atoms with Crippen molar-refractivity contribution >= 4 is 37.5 Å². The Morgan fingerprint density at radius 2 is 1.81 bits per heavy atom. The molecule has 0 atom stereocenters. The number of benzene rings is 2. The van der Waals surface area contributed by atoms with E-state index in [2.05, 4.69) is 18.2 Å². The van der Waals surface area contributed by atoms with Gasteiger partial charge in [-0.05, 0) is 42.8 Å². The summed E-state index contributed by atoms with van der Waals surface area (Å²) in [5, 5.41) is 0. The van der Waals surface area contributed by atoms with Gasteiger partial charge in [-0.1, -0.05) is 36.5 Å². The van der Waals surface area contributed by atoms with Gasteiger partial charge in [0.05, 0.1) is 15.1 Å². The maximum Gasteiger partial charge on any atom is 0.279 e. The van der Waals surface area contributed by atoms with Gasteiger partial charge in [-0.2, -0.15) is 9.30 Å². The number of carbonyl (C=O) groups excluding carboxylic acids is 1. The van der Waals surface area contributed by atoms with Crippen molar-refractivity contribution in [2.75, 3.05) is 13.1 Å². The smallest absolute Gasteiger partial charge is 0.279 e. The van der Waals surface area contributed by atoms with Gasteiger partial charge in [0.15, 0.2) is 4.80 Å². The van der Waals surface area contributed by atoms with Gasteiger partial charge in [-0.3, -0.25) is 4.79 Å². The van der Waals surface area contributed by atoms with Crippen molar-refractivity contribution in [3.63, 3.8) is 0 Å². The Balaban J connectivity index is 1.97. The number of halogens is 1. The Morgan fingerprint density at radius 1 is 1.16 bits per heavy atom. The molecule has 0 unspecified atom stereocenters. The molecule has 0 aliphatic rings. The summed E-state index contributed by atoms with van der Waals surface area (Å²) in [6.45, 7) is 9.94. The number of sulfonamides is 1. The Bertz CT molecular complexity index is 1310. The Hall–Kier alpha value is -2.88. The summed E-state index contributed by atoms with van der Waals surface area (Å²) in [5.74, 6) is -0.890. The van der Waals surface area contributed by atoms with E-state index in [0.29, 0.717) is 21.6 Å². The molecule has 0 radical (unpaired) electrons. The first kappa shape index (κ1) is 23.8. The quantitative estimate of drug-likeness (QED) is 0.434. The molecule has 0 spiro atoms. The highest BCUT2D eigenvalue weighted by Crippen LogP contribution is 2.21. The van der Waals surface area contributed by atoms with Crippen LogP contribution in [0.3, 0.4) is 0 Å². The van der Waals surface area contributed by atoms with E-state index >= 15 is 0 Å². The molecule has 0 saturated carbocycles. The van der Waals surface area contributed by atoms with E-state index < -0.39 is 15.9 Å². The number of hydrogen-bond acceptors (Lipinski definition) is 4. The maximum absolute atomic E-state index is 14.4. The van der Waals surface area contributed by atoms with Crippen molar-refractivity contribution in [3.05, 3.63) is 84.0 Å². The van der Waals surface area contributed by atoms with E-state index in [0.717, 1.165) is 6.42 Å². The molecule has 32 heavy (non-hydrogen) atoms. The number of para-hydroxylation sites is 1. The molecule has 0 saturated heterocycles. The van der Waals surface area contributed by atoms with Crippen molar-refractivity contribution in [2.45, 2.75) is 24.8 Å². The minimum Gasteiger partial charge on any atom is -0.314 e. The first-order valence-electron chi connectivity index (χ1n) is 10.0. The molecule has 9 heteroatoms. The summed E-state index contributed by atoms with van der Waals surface area (Å²) < 4.78 is 43.6. The summed E-state index contributed by atoms with van der Waals surface area (Å²) >= 11 is 1.24. The molecule has 3 aromatic rings. The molecule has 6 nitrogen and oxygen atoms in total. The minimum atomic E-state index is -3.76. The second-order valence-corrected chi connectivity index (χ2v) is 9.91. The Kier molecular flexibility index (Phi) is 7.55. The molecule has 1 aromatic heterocycles. The molecule has 1 amide bonds. The summed E-state index contributed by atoms with van der Waals surface area (Å²) in [6, 6.07) is 10.4. The zero-order valence-electron chi connectivity index (χ0n) is 17.7. The van der Waals surface area contributed by atoms with Crippen LogP contribution in [0.25, 0.3) is 10.2 Å². The van der Waals surface area contributed by atoms with E-state index in [4.69, 9.17) is 0 Å². The fourth-order valence-corrected chi connectivity index (χ4v) is 5.68. The highest BCUT2D eigenvalue weighted by atomic mass is 32.2. The van der Waals surface area contributed by atoms with Crippen LogP contribution in [0.5, 0.6) is 0 Å². The fraction of sp³-hybridized carbons (Fsp3) is 0.217. The lowest BCUT2D eigenvalue weighted by Gasteiger charge is -2.19. The van der Waals surface area contributed by atoms with Gasteiger partial charge in [0.25, 0.3) is 5.91 Å². The highest BCUT2D eigenvalue weighted by molar-refractivity contribution is 7.89. The van der Waals surface area contributed by atoms with Gasteiger partial charge in [-0.25, -0.2) is 12.8 Å². The molecule has 0 bridgehead atoms. The van der Waals surface area contributed by atoms with Crippen LogP contribution in [0.1, 0.15) is 23.7 Å². The van der Waals surface area contributed by atoms with E-state index in [1.54, 1.807) is 16.7 Å². The van der Waals surface area contributed by atoms with Crippen molar-refractivity contribution in [2.24, 2.45) is 4.99 Å². The lowest BCUT2D eigenvalue weighted by Crippen LogP contribution is -2.31. The van der Waals surface area contributed by atoms with Crippen molar-refractivity contribution in [1.29, 1.82) is 0 Å². The van der Waals surface area contributed by atoms with E-state index in [1.807, 2.05) is 6.92 Å². The number of thiazole rings is 1. The number of hydrogen-bond donors (Lipinski definition) is 0. The van der Waals surface area contributed by atoms with Gasteiger partial charge in [0.1, 0.15) is 5.82 Å². The standard InChI is InChI=1S/C23H24FN3O3S2/c1-4-14-26(15-5-2)32(29,30)18-12-10-17(11-13-18)22(28)25-23-27(16-6-3)21-19(24)8-7-9-20(21)31-23/h4-5,7-13H,1-2,6,14-16H2,3H3. The number of carbonyl (C=O) groups is 1. The van der Waals surface area contributed by atoms with Crippen LogP contribution in [-0.4, -0.2) is 36.3 Å². The predicted molar refractivity (Wildman–Crippen MR) is 126 cm³/mol. The SMILES string of the molecule is C=CCN(CC=C)S(=O)(=O)c1ccc(C(=O)N=c2sc3cccc(F)c3n2CCC)cc1. The number of rotatable bonds is 9. The maximum atomic E-state index is 14.4. The van der Waals surface area contributed by atoms with Crippen molar-refractivity contribution < 1.29 is 17.6 Å². The summed E-state index contributed by atoms with van der Waals surface area (Å²) in [5.41, 5.74) is 0.667. The zero-order chi connectivity index (χ0) is 23.3. The molecule has 0 aliphatic heterocycles. The van der Waals surface area contributed by atoms with Crippen LogP contribution in [0.4, 0.5) is 4.39 Å². The highest BCUT2D eigenvalue weighted by Gasteiger charge is 2.22. The van der Waals surface area contributed by atoms with Crippen LogP contribution < -0.4 is 4.80 Å². The van der Waals surface area contributed by atoms with Gasteiger partial charge in [-0.15, -0.1) is 13.2 Å². The monoisotopic (exact) mass is 473 g/mol. The fourth-order valence-electron chi connectivity index (χ4n) is 3.23. The third-order valence-corrected chi connectivity index (χ3v) is 7.59. The molecule has 3 rings (SSSR count). The molecule has 168 valence electrons. The molecule has 0 N–H and O–H groups in total. The first-order chi connectivity index (χ1) is 15.3. The molecular formula is C23H24FN3O3S2. The number of amides is 1. The lowest BCUT2D eigenvalue weighted by atomic mass is 10.2. The molecule has 1 heterocycles. The molecule has 0 fully saturated rings. The van der Waals surface area contributed by atoms with Gasteiger partial charge >= 0.3 is 0 Å². The minimum absolute atomic E-state index is 0.0581. The second-order valence-electron chi connectivity index (χ2n) is 6.96. The number of fused-ring (bicyclic) bond motifs is 1. The second kappa shape index (κ2) is 10.2. The van der Waals surface area contributed by atoms with Crippen molar-refractivity contribution in [3.8, 4) is 0 Å². The average Bonchev–Trinajstić information content (AvgIpc) is 3.12. The Labute approximate surface area is 190 Å². The Morgan fingerprint density at radius 3 is 2.41 bits per heavy atom. The van der Waals surface area contributed by atoms with E-state index in [-0.39, 0.29) is 29.4 Å². The van der Waals surface area contributed by atoms with Crippen LogP contribution in [-0.2, 0) is 16.6 Å². The van der Waals surface area contributed by atoms with E-state index in [9.17, 15) is 17.6 Å². The lowest BCUT2D eigenvalue weighted by molar-refractivity contribution is 0.0997. The van der Waals surface area contributed by atoms with Crippen molar-refractivity contribution in [1.82, 2.24) is 8.87 Å². The summed E-state index contributed by atoms with van der Waals surface area (Å²) in [6.07, 6.45) is 3.74. The summed E-state index contributed by atoms with van der Waals surface area (Å²) in [7, 11) is -3.76. The third kappa shape index (κ3) is 4.79. The number of aromatic nitrogens is 1. The zero-order valence-corrected chi connectivity index (χ0v) is 19.3. The molecule has 2 aromatic carbocycles. The normalized spacial score (nSPS) is 12.4. The van der Waals surface area contributed by atoms with Gasteiger partial charge in [0.2, 0.25) is 10.0 Å².